The molecule has 12 aromatic rings. The molecular formula is C52H30O2. The van der Waals surface area contributed by atoms with Crippen LogP contribution in [0.15, 0.2) is 191 Å². The minimum atomic E-state index is 0.794. The Hall–Kier alpha value is -7.16. The van der Waals surface area contributed by atoms with Gasteiger partial charge in [-0.15, -0.1) is 0 Å². The van der Waals surface area contributed by atoms with E-state index in [2.05, 4.69) is 182 Å². The van der Waals surface area contributed by atoms with E-state index in [1.807, 2.05) is 0 Å². The van der Waals surface area contributed by atoms with E-state index in [1.165, 1.54) is 70.9 Å². The molecule has 250 valence electrons. The first-order valence-corrected chi connectivity index (χ1v) is 18.5. The number of rotatable bonds is 3. The standard InChI is InChI=1S/C52H30O2/c1-2-11-32(12-3-1)48-39-14-6-8-16-41(39)49(42-17-9-7-15-40(42)48)37-21-20-33-28-34(18-19-35(33)29-37)36-23-26-46-45(30-36)43-24-25-44-50-38-13-5-4-10-31(38)22-27-47(50)54-52(44)51(43)53-46/h1-30H. The van der Waals surface area contributed by atoms with Gasteiger partial charge in [0.25, 0.3) is 0 Å². The molecule has 2 heterocycles. The summed E-state index contributed by atoms with van der Waals surface area (Å²) in [6.07, 6.45) is 0. The van der Waals surface area contributed by atoms with Crippen molar-refractivity contribution in [3.05, 3.63) is 182 Å². The minimum absolute atomic E-state index is 0.794. The van der Waals surface area contributed by atoms with E-state index in [4.69, 9.17) is 8.83 Å². The molecule has 2 aromatic heterocycles. The summed E-state index contributed by atoms with van der Waals surface area (Å²) in [6.45, 7) is 0. The molecule has 0 aliphatic rings. The van der Waals surface area contributed by atoms with Crippen LogP contribution in [-0.2, 0) is 0 Å². The topological polar surface area (TPSA) is 26.3 Å². The van der Waals surface area contributed by atoms with Gasteiger partial charge in [0, 0.05) is 21.5 Å². The largest absolute Gasteiger partial charge is 0.452 e. The zero-order valence-corrected chi connectivity index (χ0v) is 29.1. The van der Waals surface area contributed by atoms with Gasteiger partial charge in [-0.1, -0.05) is 140 Å². The summed E-state index contributed by atoms with van der Waals surface area (Å²) in [5.41, 5.74) is 10.7. The highest BCUT2D eigenvalue weighted by Crippen LogP contribution is 2.45. The number of benzene rings is 10. The van der Waals surface area contributed by atoms with Gasteiger partial charge in [0.1, 0.15) is 11.2 Å². The van der Waals surface area contributed by atoms with Gasteiger partial charge in [0.15, 0.2) is 11.2 Å². The summed E-state index contributed by atoms with van der Waals surface area (Å²) < 4.78 is 13.0. The second-order valence-electron chi connectivity index (χ2n) is 14.4. The van der Waals surface area contributed by atoms with Crippen molar-refractivity contribution >= 4 is 87.0 Å². The summed E-state index contributed by atoms with van der Waals surface area (Å²) in [4.78, 5) is 0. The Morgan fingerprint density at radius 2 is 0.759 bits per heavy atom. The molecule has 0 amide bonds. The average Bonchev–Trinajstić information content (AvgIpc) is 3.81. The summed E-state index contributed by atoms with van der Waals surface area (Å²) in [5.74, 6) is 0. The molecule has 2 heteroatoms. The molecule has 0 radical (unpaired) electrons. The van der Waals surface area contributed by atoms with Crippen molar-refractivity contribution in [3.63, 3.8) is 0 Å². The van der Waals surface area contributed by atoms with Gasteiger partial charge in [-0.3, -0.25) is 0 Å². The number of hydrogen-bond donors (Lipinski definition) is 0. The third-order valence-corrected chi connectivity index (χ3v) is 11.4. The van der Waals surface area contributed by atoms with Crippen LogP contribution in [0.1, 0.15) is 0 Å². The van der Waals surface area contributed by atoms with E-state index in [0.29, 0.717) is 0 Å². The zero-order valence-electron chi connectivity index (χ0n) is 29.1. The first kappa shape index (κ1) is 29.4. The Labute approximate surface area is 310 Å². The van der Waals surface area contributed by atoms with Gasteiger partial charge in [0.05, 0.1) is 0 Å². The molecule has 0 bridgehead atoms. The van der Waals surface area contributed by atoms with Gasteiger partial charge in [0.2, 0.25) is 0 Å². The fourth-order valence-electron chi connectivity index (χ4n) is 8.95. The van der Waals surface area contributed by atoms with E-state index >= 15 is 0 Å². The average molecular weight is 687 g/mol. The van der Waals surface area contributed by atoms with Crippen molar-refractivity contribution in [2.75, 3.05) is 0 Å². The van der Waals surface area contributed by atoms with Crippen molar-refractivity contribution in [1.82, 2.24) is 0 Å². The normalized spacial score (nSPS) is 12.1. The monoisotopic (exact) mass is 686 g/mol. The highest BCUT2D eigenvalue weighted by Gasteiger charge is 2.19. The maximum atomic E-state index is 6.52. The molecule has 0 aliphatic heterocycles. The first-order chi connectivity index (χ1) is 26.8. The van der Waals surface area contributed by atoms with E-state index in [0.717, 1.165) is 49.4 Å². The van der Waals surface area contributed by atoms with Gasteiger partial charge < -0.3 is 8.83 Å². The fraction of sp³-hybridized carbons (Fsp3) is 0. The van der Waals surface area contributed by atoms with Gasteiger partial charge in [-0.2, -0.15) is 0 Å². The Morgan fingerprint density at radius 1 is 0.259 bits per heavy atom. The number of fused-ring (bicyclic) bond motifs is 12. The summed E-state index contributed by atoms with van der Waals surface area (Å²) in [6, 6.07) is 65.7. The van der Waals surface area contributed by atoms with Crippen LogP contribution in [0.25, 0.3) is 120 Å². The van der Waals surface area contributed by atoms with Gasteiger partial charge >= 0.3 is 0 Å². The van der Waals surface area contributed by atoms with Crippen molar-refractivity contribution in [2.24, 2.45) is 0 Å². The predicted molar refractivity (Wildman–Crippen MR) is 227 cm³/mol. The molecule has 54 heavy (non-hydrogen) atoms. The lowest BCUT2D eigenvalue weighted by atomic mass is 9.85. The van der Waals surface area contributed by atoms with E-state index < -0.39 is 0 Å². The van der Waals surface area contributed by atoms with Crippen LogP contribution in [0.5, 0.6) is 0 Å². The molecule has 0 unspecified atom stereocenters. The second kappa shape index (κ2) is 11.2. The summed E-state index contributed by atoms with van der Waals surface area (Å²) >= 11 is 0. The van der Waals surface area contributed by atoms with E-state index in [9.17, 15) is 0 Å². The summed E-state index contributed by atoms with van der Waals surface area (Å²) in [5, 5.41) is 14.2. The van der Waals surface area contributed by atoms with Crippen molar-refractivity contribution in [3.8, 4) is 33.4 Å². The van der Waals surface area contributed by atoms with E-state index in [-0.39, 0.29) is 0 Å². The maximum Gasteiger partial charge on any atom is 0.178 e. The van der Waals surface area contributed by atoms with Crippen LogP contribution in [0.3, 0.4) is 0 Å². The third kappa shape index (κ3) is 4.22. The van der Waals surface area contributed by atoms with Crippen LogP contribution in [0, 0.1) is 0 Å². The molecule has 0 atom stereocenters. The Morgan fingerprint density at radius 3 is 1.50 bits per heavy atom. The lowest BCUT2D eigenvalue weighted by molar-refractivity contribution is 0.633. The SMILES string of the molecule is c1ccc(-c2c3ccccc3c(-c3ccc4cc(-c5ccc6oc7c(ccc8c7oc7ccc9ccccc9c78)c6c5)ccc4c3)c3ccccc23)cc1. The summed E-state index contributed by atoms with van der Waals surface area (Å²) in [7, 11) is 0. The van der Waals surface area contributed by atoms with Crippen LogP contribution < -0.4 is 0 Å². The van der Waals surface area contributed by atoms with Crippen LogP contribution in [-0.4, -0.2) is 0 Å². The minimum Gasteiger partial charge on any atom is -0.452 e. The maximum absolute atomic E-state index is 6.52. The lowest BCUT2D eigenvalue weighted by Gasteiger charge is -2.18. The van der Waals surface area contributed by atoms with Crippen LogP contribution >= 0.6 is 0 Å². The molecule has 0 N–H and O–H groups in total. The molecule has 0 saturated carbocycles. The van der Waals surface area contributed by atoms with E-state index in [1.54, 1.807) is 0 Å². The fourth-order valence-corrected chi connectivity index (χ4v) is 8.95. The Balaban J connectivity index is 0.980. The van der Waals surface area contributed by atoms with Gasteiger partial charge in [-0.25, -0.2) is 0 Å². The molecule has 12 rings (SSSR count). The molecule has 0 aliphatic carbocycles. The highest BCUT2D eigenvalue weighted by atomic mass is 16.4. The Kier molecular flexibility index (Phi) is 6.09. The molecule has 2 nitrogen and oxygen atoms in total. The molecule has 0 fully saturated rings. The van der Waals surface area contributed by atoms with Crippen LogP contribution in [0.4, 0.5) is 0 Å². The van der Waals surface area contributed by atoms with Crippen molar-refractivity contribution < 1.29 is 8.83 Å². The molecule has 0 spiro atoms. The van der Waals surface area contributed by atoms with Gasteiger partial charge in [-0.05, 0) is 119 Å². The zero-order chi connectivity index (χ0) is 35.3. The second-order valence-corrected chi connectivity index (χ2v) is 14.4. The third-order valence-electron chi connectivity index (χ3n) is 11.4. The Bertz CT molecular complexity index is 3430. The quantitative estimate of drug-likeness (QED) is 0.173. The highest BCUT2D eigenvalue weighted by molar-refractivity contribution is 6.25. The first-order valence-electron chi connectivity index (χ1n) is 18.5. The lowest BCUT2D eigenvalue weighted by Crippen LogP contribution is -1.90. The number of hydrogen-bond acceptors (Lipinski definition) is 2. The molecular weight excluding hydrogens is 657 g/mol. The smallest absolute Gasteiger partial charge is 0.178 e. The van der Waals surface area contributed by atoms with Crippen molar-refractivity contribution in [1.29, 1.82) is 0 Å². The van der Waals surface area contributed by atoms with Crippen LogP contribution in [0.2, 0.25) is 0 Å². The molecule has 10 aromatic carbocycles. The number of furan rings is 2. The predicted octanol–water partition coefficient (Wildman–Crippen LogP) is 15.1. The van der Waals surface area contributed by atoms with Crippen molar-refractivity contribution in [2.45, 2.75) is 0 Å². The molecule has 0 saturated heterocycles.